The fraction of sp³-hybridized carbons (Fsp3) is 0.261. The molecular weight excluding hydrogens is 432 g/mol. The Morgan fingerprint density at radius 2 is 1.66 bits per heavy atom. The minimum atomic E-state index is -0.416. The van der Waals surface area contributed by atoms with Gasteiger partial charge < -0.3 is 18.9 Å². The van der Waals surface area contributed by atoms with E-state index >= 15 is 0 Å². The molecule has 3 rings (SSSR count). The summed E-state index contributed by atoms with van der Waals surface area (Å²) in [5.74, 6) is 0.925. The normalized spacial score (nSPS) is 15.9. The van der Waals surface area contributed by atoms with E-state index in [1.54, 1.807) is 61.6 Å². The molecule has 0 aromatic heterocycles. The summed E-state index contributed by atoms with van der Waals surface area (Å²) < 4.78 is 20.9. The number of likely N-dealkylation sites (N-methyl/N-ethyl adjacent to an activating group) is 1. The molecule has 2 aromatic rings. The number of ether oxygens (including phenoxy) is 4. The number of hydrogen-bond donors (Lipinski definition) is 0. The van der Waals surface area contributed by atoms with Gasteiger partial charge in [0.15, 0.2) is 16.7 Å². The van der Waals surface area contributed by atoms with Crippen molar-refractivity contribution in [1.29, 1.82) is 0 Å². The third-order valence-electron chi connectivity index (χ3n) is 4.70. The molecule has 1 aliphatic heterocycles. The Bertz CT molecular complexity index is 1050. The zero-order chi connectivity index (χ0) is 23.3. The number of benzene rings is 2. The second kappa shape index (κ2) is 10.2. The monoisotopic (exact) mass is 456 g/mol. The molecular formula is C23H24N2O6S. The van der Waals surface area contributed by atoms with Crippen LogP contribution in [0.15, 0.2) is 46.3 Å². The van der Waals surface area contributed by atoms with Crippen molar-refractivity contribution in [2.24, 2.45) is 4.99 Å². The lowest BCUT2D eigenvalue weighted by Crippen LogP contribution is -2.28. The number of hydrogen-bond acceptors (Lipinski definition) is 8. The first-order valence-corrected chi connectivity index (χ1v) is 10.6. The Morgan fingerprint density at radius 1 is 1.03 bits per heavy atom. The van der Waals surface area contributed by atoms with Gasteiger partial charge in [0.05, 0.1) is 44.6 Å². The second-order valence-electron chi connectivity index (χ2n) is 6.55. The third-order valence-corrected chi connectivity index (χ3v) is 5.71. The van der Waals surface area contributed by atoms with E-state index in [1.165, 1.54) is 26.0 Å². The van der Waals surface area contributed by atoms with E-state index in [0.717, 1.165) is 5.56 Å². The molecule has 0 aliphatic carbocycles. The molecule has 2 aromatic carbocycles. The van der Waals surface area contributed by atoms with Crippen LogP contribution in [0.1, 0.15) is 22.8 Å². The van der Waals surface area contributed by atoms with Crippen LogP contribution >= 0.6 is 11.8 Å². The Hall–Kier alpha value is -3.46. The molecule has 0 spiro atoms. The van der Waals surface area contributed by atoms with Gasteiger partial charge >= 0.3 is 5.97 Å². The number of amides is 1. The van der Waals surface area contributed by atoms with E-state index in [4.69, 9.17) is 18.9 Å². The average Bonchev–Trinajstić information content (AvgIpc) is 3.11. The van der Waals surface area contributed by atoms with Crippen LogP contribution in [0.2, 0.25) is 0 Å². The van der Waals surface area contributed by atoms with Gasteiger partial charge in [0.25, 0.3) is 5.91 Å². The van der Waals surface area contributed by atoms with Gasteiger partial charge in [-0.15, -0.1) is 0 Å². The summed E-state index contributed by atoms with van der Waals surface area (Å²) in [4.78, 5) is 31.3. The van der Waals surface area contributed by atoms with Gasteiger partial charge in [-0.2, -0.15) is 0 Å². The third kappa shape index (κ3) is 4.72. The maximum absolute atomic E-state index is 13.0. The highest BCUT2D eigenvalue weighted by Crippen LogP contribution is 2.40. The van der Waals surface area contributed by atoms with Crippen molar-refractivity contribution in [2.75, 3.05) is 35.0 Å². The lowest BCUT2D eigenvalue weighted by molar-refractivity contribution is -0.122. The average molecular weight is 457 g/mol. The summed E-state index contributed by atoms with van der Waals surface area (Å²) in [5.41, 5.74) is 1.79. The van der Waals surface area contributed by atoms with Crippen molar-refractivity contribution in [3.05, 3.63) is 52.4 Å². The number of amidine groups is 1. The van der Waals surface area contributed by atoms with E-state index in [1.807, 2.05) is 6.92 Å². The molecule has 1 saturated heterocycles. The fourth-order valence-electron chi connectivity index (χ4n) is 3.11. The molecule has 0 unspecified atom stereocenters. The van der Waals surface area contributed by atoms with Gasteiger partial charge in [0.1, 0.15) is 0 Å². The molecule has 0 atom stereocenters. The maximum atomic E-state index is 13.0. The van der Waals surface area contributed by atoms with E-state index in [2.05, 4.69) is 4.99 Å². The number of rotatable bonds is 7. The highest BCUT2D eigenvalue weighted by Gasteiger charge is 2.32. The van der Waals surface area contributed by atoms with Crippen molar-refractivity contribution >= 4 is 40.6 Å². The molecule has 1 aliphatic rings. The summed E-state index contributed by atoms with van der Waals surface area (Å²) >= 11 is 1.28. The molecule has 0 bridgehead atoms. The summed E-state index contributed by atoms with van der Waals surface area (Å²) in [6.45, 7) is 2.36. The lowest BCUT2D eigenvalue weighted by Gasteiger charge is -2.13. The summed E-state index contributed by atoms with van der Waals surface area (Å²) in [7, 11) is 5.95. The quantitative estimate of drug-likeness (QED) is 0.457. The van der Waals surface area contributed by atoms with Crippen LogP contribution in [0.3, 0.4) is 0 Å². The number of aliphatic imine (C=N–C) groups is 1. The first-order valence-electron chi connectivity index (χ1n) is 9.74. The number of carbonyl (C=O) groups excluding carboxylic acids is 2. The predicted molar refractivity (Wildman–Crippen MR) is 124 cm³/mol. The molecule has 1 heterocycles. The summed E-state index contributed by atoms with van der Waals surface area (Å²) in [6, 6.07) is 10.2. The van der Waals surface area contributed by atoms with Gasteiger partial charge in [-0.1, -0.05) is 0 Å². The van der Waals surface area contributed by atoms with Gasteiger partial charge in [-0.25, -0.2) is 9.79 Å². The van der Waals surface area contributed by atoms with Crippen LogP contribution in [-0.2, 0) is 9.53 Å². The first-order chi connectivity index (χ1) is 15.4. The van der Waals surface area contributed by atoms with Gasteiger partial charge in [-0.3, -0.25) is 9.69 Å². The van der Waals surface area contributed by atoms with Crippen LogP contribution in [0.25, 0.3) is 6.08 Å². The first kappa shape index (κ1) is 23.2. The van der Waals surface area contributed by atoms with Gasteiger partial charge in [0, 0.05) is 6.54 Å². The van der Waals surface area contributed by atoms with Crippen molar-refractivity contribution in [1.82, 2.24) is 4.90 Å². The molecule has 9 heteroatoms. The Labute approximate surface area is 190 Å². The zero-order valence-corrected chi connectivity index (χ0v) is 19.3. The largest absolute Gasteiger partial charge is 0.493 e. The van der Waals surface area contributed by atoms with Crippen LogP contribution in [0.5, 0.6) is 17.2 Å². The van der Waals surface area contributed by atoms with Crippen LogP contribution in [0.4, 0.5) is 5.69 Å². The van der Waals surface area contributed by atoms with E-state index in [9.17, 15) is 9.59 Å². The number of esters is 1. The number of carbonyl (C=O) groups is 2. The molecule has 32 heavy (non-hydrogen) atoms. The van der Waals surface area contributed by atoms with Gasteiger partial charge in [-0.05, 0) is 66.7 Å². The molecule has 0 N–H and O–H groups in total. The molecule has 0 saturated carbocycles. The standard InChI is InChI=1S/C23H24N2O6S/c1-6-25-21(26)19(13-14-11-17(28-2)20(30-4)18(12-14)29-3)32-23(25)24-16-9-7-15(8-10-16)22(27)31-5/h7-13H,6H2,1-5H3/b19-13+,24-23?. The Kier molecular flexibility index (Phi) is 7.42. The van der Waals surface area contributed by atoms with Crippen molar-refractivity contribution in [3.63, 3.8) is 0 Å². The maximum Gasteiger partial charge on any atom is 0.337 e. The molecule has 1 fully saturated rings. The zero-order valence-electron chi connectivity index (χ0n) is 18.5. The lowest BCUT2D eigenvalue weighted by atomic mass is 10.1. The van der Waals surface area contributed by atoms with Gasteiger partial charge in [0.2, 0.25) is 5.75 Å². The summed E-state index contributed by atoms with van der Waals surface area (Å²) in [6.07, 6.45) is 1.77. The molecule has 1 amide bonds. The SMILES string of the molecule is CCN1C(=O)/C(=C\c2cc(OC)c(OC)c(OC)c2)SC1=Nc1ccc(C(=O)OC)cc1. The molecule has 0 radical (unpaired) electrons. The minimum Gasteiger partial charge on any atom is -0.493 e. The number of methoxy groups -OCH3 is 4. The molecule has 168 valence electrons. The van der Waals surface area contributed by atoms with E-state index in [0.29, 0.717) is 45.1 Å². The second-order valence-corrected chi connectivity index (χ2v) is 7.56. The van der Waals surface area contributed by atoms with E-state index in [-0.39, 0.29) is 5.91 Å². The van der Waals surface area contributed by atoms with Crippen LogP contribution < -0.4 is 14.2 Å². The minimum absolute atomic E-state index is 0.142. The molecule has 8 nitrogen and oxygen atoms in total. The predicted octanol–water partition coefficient (Wildman–Crippen LogP) is 4.12. The van der Waals surface area contributed by atoms with Crippen molar-refractivity contribution < 1.29 is 28.5 Å². The van der Waals surface area contributed by atoms with Crippen molar-refractivity contribution in [2.45, 2.75) is 6.92 Å². The van der Waals surface area contributed by atoms with E-state index < -0.39 is 5.97 Å². The van der Waals surface area contributed by atoms with Crippen LogP contribution in [0, 0.1) is 0 Å². The number of thioether (sulfide) groups is 1. The number of nitrogens with zero attached hydrogens (tertiary/aromatic N) is 2. The topological polar surface area (TPSA) is 86.7 Å². The smallest absolute Gasteiger partial charge is 0.337 e. The highest BCUT2D eigenvalue weighted by atomic mass is 32.2. The Balaban J connectivity index is 1.94. The summed E-state index contributed by atoms with van der Waals surface area (Å²) in [5, 5.41) is 0.557. The Morgan fingerprint density at radius 3 is 2.16 bits per heavy atom. The fourth-order valence-corrected chi connectivity index (χ4v) is 4.17. The van der Waals surface area contributed by atoms with Crippen LogP contribution in [-0.4, -0.2) is 56.9 Å². The van der Waals surface area contributed by atoms with Crippen molar-refractivity contribution in [3.8, 4) is 17.2 Å². The highest BCUT2D eigenvalue weighted by molar-refractivity contribution is 8.18.